The van der Waals surface area contributed by atoms with E-state index < -0.39 is 0 Å². The van der Waals surface area contributed by atoms with Gasteiger partial charge in [-0.2, -0.15) is 5.10 Å². The fourth-order valence-electron chi connectivity index (χ4n) is 3.30. The van der Waals surface area contributed by atoms with E-state index in [4.69, 9.17) is 0 Å². The highest BCUT2D eigenvalue weighted by atomic mass is 79.9. The molecule has 0 spiro atoms. The van der Waals surface area contributed by atoms with E-state index in [-0.39, 0.29) is 5.91 Å². The lowest BCUT2D eigenvalue weighted by molar-refractivity contribution is 0.102. The van der Waals surface area contributed by atoms with E-state index in [1.807, 2.05) is 48.7 Å². The first kappa shape index (κ1) is 18.7. The molecule has 2 heterocycles. The molecule has 0 aliphatic carbocycles. The van der Waals surface area contributed by atoms with Crippen LogP contribution in [0.3, 0.4) is 0 Å². The van der Waals surface area contributed by atoms with E-state index in [2.05, 4.69) is 49.3 Å². The maximum Gasteiger partial charge on any atom is 0.255 e. The van der Waals surface area contributed by atoms with Crippen molar-refractivity contribution in [3.63, 3.8) is 0 Å². The second-order valence-corrected chi connectivity index (χ2v) is 7.83. The molecule has 3 aromatic rings. The van der Waals surface area contributed by atoms with Gasteiger partial charge in [0.15, 0.2) is 0 Å². The molecule has 1 aliphatic heterocycles. The molecule has 1 saturated heterocycles. The highest BCUT2D eigenvalue weighted by Gasteiger charge is 2.18. The number of nitrogens with one attached hydrogen (secondary N) is 1. The van der Waals surface area contributed by atoms with Gasteiger partial charge in [0.25, 0.3) is 5.91 Å². The Bertz CT molecular complexity index is 961. The van der Waals surface area contributed by atoms with Crippen molar-refractivity contribution in [2.24, 2.45) is 0 Å². The second kappa shape index (κ2) is 8.16. The molecule has 28 heavy (non-hydrogen) atoms. The zero-order valence-electron chi connectivity index (χ0n) is 15.7. The van der Waals surface area contributed by atoms with E-state index >= 15 is 0 Å². The maximum atomic E-state index is 12.8. The summed E-state index contributed by atoms with van der Waals surface area (Å²) in [6, 6.07) is 15.4. The molecule has 1 aliphatic rings. The van der Waals surface area contributed by atoms with Crippen LogP contribution in [0.15, 0.2) is 65.4 Å². The third-order valence-electron chi connectivity index (χ3n) is 4.94. The largest absolute Gasteiger partial charge is 0.367 e. The Balaban J connectivity index is 1.49. The summed E-state index contributed by atoms with van der Waals surface area (Å²) in [6.45, 7) is 3.95. The van der Waals surface area contributed by atoms with Crippen molar-refractivity contribution in [1.29, 1.82) is 0 Å². The van der Waals surface area contributed by atoms with Gasteiger partial charge in [-0.25, -0.2) is 4.68 Å². The van der Waals surface area contributed by atoms with Gasteiger partial charge < -0.3 is 15.1 Å². The lowest BCUT2D eigenvalue weighted by Crippen LogP contribution is -2.44. The summed E-state index contributed by atoms with van der Waals surface area (Å²) in [6.07, 6.45) is 3.61. The van der Waals surface area contributed by atoms with E-state index in [0.29, 0.717) is 5.56 Å². The average Bonchev–Trinajstić information content (AvgIpc) is 3.16. The molecule has 7 heteroatoms. The first-order valence-electron chi connectivity index (χ1n) is 9.24. The van der Waals surface area contributed by atoms with Crippen molar-refractivity contribution in [3.05, 3.63) is 71.0 Å². The number of halogens is 1. The number of anilines is 2. The molecule has 0 saturated carbocycles. The van der Waals surface area contributed by atoms with E-state index in [1.54, 1.807) is 10.9 Å². The molecule has 2 aromatic carbocycles. The molecular formula is C21H22BrN5O. The number of piperazine rings is 1. The summed E-state index contributed by atoms with van der Waals surface area (Å²) in [7, 11) is 2.14. The Morgan fingerprint density at radius 2 is 1.75 bits per heavy atom. The Hall–Kier alpha value is -2.64. The minimum Gasteiger partial charge on any atom is -0.367 e. The van der Waals surface area contributed by atoms with Gasteiger partial charge in [-0.1, -0.05) is 12.1 Å². The Labute approximate surface area is 172 Å². The van der Waals surface area contributed by atoms with Crippen LogP contribution in [0.25, 0.3) is 5.69 Å². The van der Waals surface area contributed by atoms with Crippen LogP contribution >= 0.6 is 15.9 Å². The summed E-state index contributed by atoms with van der Waals surface area (Å²) < 4.78 is 2.67. The van der Waals surface area contributed by atoms with Crippen LogP contribution in [-0.4, -0.2) is 53.8 Å². The van der Waals surface area contributed by atoms with Gasteiger partial charge >= 0.3 is 0 Å². The van der Waals surface area contributed by atoms with Gasteiger partial charge in [-0.3, -0.25) is 4.79 Å². The van der Waals surface area contributed by atoms with Crippen LogP contribution in [0.4, 0.5) is 11.4 Å². The Morgan fingerprint density at radius 1 is 1.04 bits per heavy atom. The molecule has 0 radical (unpaired) electrons. The monoisotopic (exact) mass is 439 g/mol. The molecule has 1 fully saturated rings. The van der Waals surface area contributed by atoms with Crippen LogP contribution in [0, 0.1) is 0 Å². The number of amides is 1. The quantitative estimate of drug-likeness (QED) is 0.673. The second-order valence-electron chi connectivity index (χ2n) is 6.91. The molecule has 6 nitrogen and oxygen atoms in total. The third kappa shape index (κ3) is 4.10. The molecule has 1 aromatic heterocycles. The van der Waals surface area contributed by atoms with Crippen LogP contribution in [-0.2, 0) is 0 Å². The van der Waals surface area contributed by atoms with E-state index in [0.717, 1.165) is 47.7 Å². The normalized spacial score (nSPS) is 14.9. The number of para-hydroxylation sites is 2. The van der Waals surface area contributed by atoms with E-state index in [1.165, 1.54) is 0 Å². The summed E-state index contributed by atoms with van der Waals surface area (Å²) in [5, 5.41) is 7.33. The molecule has 4 rings (SSSR count). The number of hydrogen-bond donors (Lipinski definition) is 1. The van der Waals surface area contributed by atoms with E-state index in [9.17, 15) is 4.79 Å². The van der Waals surface area contributed by atoms with Crippen molar-refractivity contribution >= 4 is 33.2 Å². The van der Waals surface area contributed by atoms with Crippen molar-refractivity contribution in [3.8, 4) is 5.69 Å². The van der Waals surface area contributed by atoms with Crippen LogP contribution < -0.4 is 10.2 Å². The zero-order chi connectivity index (χ0) is 19.5. The van der Waals surface area contributed by atoms with Crippen molar-refractivity contribution in [1.82, 2.24) is 14.7 Å². The van der Waals surface area contributed by atoms with Gasteiger partial charge in [0.05, 0.1) is 27.7 Å². The lowest BCUT2D eigenvalue weighted by Gasteiger charge is -2.35. The van der Waals surface area contributed by atoms with Gasteiger partial charge in [0.1, 0.15) is 0 Å². The zero-order valence-corrected chi connectivity index (χ0v) is 17.3. The highest BCUT2D eigenvalue weighted by Crippen LogP contribution is 2.27. The van der Waals surface area contributed by atoms with Gasteiger partial charge in [-0.15, -0.1) is 0 Å². The predicted molar refractivity (Wildman–Crippen MR) is 115 cm³/mol. The number of carbonyl (C=O) groups excluding carboxylic acids is 1. The molecule has 0 atom stereocenters. The number of carbonyl (C=O) groups is 1. The van der Waals surface area contributed by atoms with Crippen LogP contribution in [0.5, 0.6) is 0 Å². The summed E-state index contributed by atoms with van der Waals surface area (Å²) >= 11 is 3.39. The standard InChI is InChI=1S/C21H22BrN5O/c1-25-10-12-26(13-11-25)20-5-3-2-4-19(20)24-21(28)16-6-8-18(9-7-16)27-15-17(22)14-23-27/h2-9,14-15H,10-13H2,1H3,(H,24,28). The first-order valence-corrected chi connectivity index (χ1v) is 10.0. The van der Waals surface area contributed by atoms with Crippen LogP contribution in [0.1, 0.15) is 10.4 Å². The highest BCUT2D eigenvalue weighted by molar-refractivity contribution is 9.10. The molecular weight excluding hydrogens is 418 g/mol. The fourth-order valence-corrected chi connectivity index (χ4v) is 3.59. The molecule has 144 valence electrons. The molecule has 0 bridgehead atoms. The average molecular weight is 440 g/mol. The van der Waals surface area contributed by atoms with Crippen molar-refractivity contribution in [2.75, 3.05) is 43.4 Å². The third-order valence-corrected chi connectivity index (χ3v) is 5.35. The number of hydrogen-bond acceptors (Lipinski definition) is 4. The smallest absolute Gasteiger partial charge is 0.255 e. The Kier molecular flexibility index (Phi) is 5.45. The van der Waals surface area contributed by atoms with Gasteiger partial charge in [-0.05, 0) is 59.4 Å². The van der Waals surface area contributed by atoms with Crippen molar-refractivity contribution in [2.45, 2.75) is 0 Å². The van der Waals surface area contributed by atoms with Crippen LogP contribution in [0.2, 0.25) is 0 Å². The SMILES string of the molecule is CN1CCN(c2ccccc2NC(=O)c2ccc(-n3cc(Br)cn3)cc2)CC1. The fraction of sp³-hybridized carbons (Fsp3) is 0.238. The summed E-state index contributed by atoms with van der Waals surface area (Å²) in [5.41, 5.74) is 3.43. The summed E-state index contributed by atoms with van der Waals surface area (Å²) in [5.74, 6) is -0.116. The number of nitrogens with zero attached hydrogens (tertiary/aromatic N) is 4. The number of benzene rings is 2. The maximum absolute atomic E-state index is 12.8. The number of aromatic nitrogens is 2. The number of rotatable bonds is 4. The van der Waals surface area contributed by atoms with Gasteiger partial charge in [0.2, 0.25) is 0 Å². The predicted octanol–water partition coefficient (Wildman–Crippen LogP) is 3.64. The Morgan fingerprint density at radius 3 is 2.43 bits per heavy atom. The molecule has 1 amide bonds. The topological polar surface area (TPSA) is 53.4 Å². The van der Waals surface area contributed by atoms with Gasteiger partial charge in [0, 0.05) is 37.9 Å². The lowest BCUT2D eigenvalue weighted by atomic mass is 10.1. The minimum atomic E-state index is -0.116. The minimum absolute atomic E-state index is 0.116. The molecule has 0 unspecified atom stereocenters. The molecule has 1 N–H and O–H groups in total. The van der Waals surface area contributed by atoms with Crippen molar-refractivity contribution < 1.29 is 4.79 Å². The summed E-state index contributed by atoms with van der Waals surface area (Å²) in [4.78, 5) is 17.4. The number of likely N-dealkylation sites (N-methyl/N-ethyl adjacent to an activating group) is 1. The first-order chi connectivity index (χ1) is 13.6.